The zero-order valence-electron chi connectivity index (χ0n) is 13.1. The molecule has 122 valence electrons. The smallest absolute Gasteiger partial charge is 0.255 e. The Kier molecular flexibility index (Phi) is 6.25. The molecule has 0 fully saturated rings. The van der Waals surface area contributed by atoms with Crippen molar-refractivity contribution in [1.82, 2.24) is 9.88 Å². The molecule has 0 bridgehead atoms. The maximum atomic E-state index is 12.4. The number of halogens is 2. The van der Waals surface area contributed by atoms with Crippen molar-refractivity contribution in [3.05, 3.63) is 52.3 Å². The molecule has 23 heavy (non-hydrogen) atoms. The number of carbonyl (C=O) groups is 1. The SMILES string of the molecule is CCCCN(C)C(=O)c1cncc(Nc2cc(Cl)cc(Cl)c2)c1. The van der Waals surface area contributed by atoms with Crippen LogP contribution in [-0.4, -0.2) is 29.4 Å². The quantitative estimate of drug-likeness (QED) is 0.795. The minimum Gasteiger partial charge on any atom is -0.354 e. The van der Waals surface area contributed by atoms with Crippen LogP contribution in [0.25, 0.3) is 0 Å². The Morgan fingerprint density at radius 2 is 1.83 bits per heavy atom. The molecule has 1 amide bonds. The first-order valence-corrected chi connectivity index (χ1v) is 8.19. The fourth-order valence-corrected chi connectivity index (χ4v) is 2.66. The summed E-state index contributed by atoms with van der Waals surface area (Å²) in [5, 5.41) is 4.24. The van der Waals surface area contributed by atoms with Crippen LogP contribution >= 0.6 is 23.2 Å². The van der Waals surface area contributed by atoms with E-state index in [0.717, 1.165) is 25.1 Å². The molecule has 1 aromatic carbocycles. The molecule has 1 heterocycles. The van der Waals surface area contributed by atoms with Gasteiger partial charge in [0.25, 0.3) is 5.91 Å². The summed E-state index contributed by atoms with van der Waals surface area (Å²) in [6, 6.07) is 6.95. The molecule has 2 aromatic rings. The number of pyridine rings is 1. The monoisotopic (exact) mass is 351 g/mol. The van der Waals surface area contributed by atoms with Gasteiger partial charge >= 0.3 is 0 Å². The number of hydrogen-bond donors (Lipinski definition) is 1. The molecule has 1 aromatic heterocycles. The topological polar surface area (TPSA) is 45.2 Å². The number of rotatable bonds is 6. The highest BCUT2D eigenvalue weighted by atomic mass is 35.5. The van der Waals surface area contributed by atoms with E-state index in [2.05, 4.69) is 17.2 Å². The van der Waals surface area contributed by atoms with Gasteiger partial charge < -0.3 is 10.2 Å². The Morgan fingerprint density at radius 3 is 2.48 bits per heavy atom. The first kappa shape index (κ1) is 17.6. The number of unbranched alkanes of at least 4 members (excludes halogenated alkanes) is 1. The Morgan fingerprint density at radius 1 is 1.13 bits per heavy atom. The molecule has 0 aliphatic rings. The largest absolute Gasteiger partial charge is 0.354 e. The average Bonchev–Trinajstić information content (AvgIpc) is 2.51. The molecular weight excluding hydrogens is 333 g/mol. The van der Waals surface area contributed by atoms with Gasteiger partial charge in [0.15, 0.2) is 0 Å². The standard InChI is InChI=1S/C17H19Cl2N3O/c1-3-4-5-22(2)17(23)12-6-16(11-20-10-12)21-15-8-13(18)7-14(19)9-15/h6-11,21H,3-5H2,1-2H3. The zero-order valence-corrected chi connectivity index (χ0v) is 14.7. The second-order valence-corrected chi connectivity index (χ2v) is 6.20. The van der Waals surface area contributed by atoms with E-state index in [1.165, 1.54) is 0 Å². The van der Waals surface area contributed by atoms with Gasteiger partial charge in [0.05, 0.1) is 17.4 Å². The van der Waals surface area contributed by atoms with Crippen LogP contribution < -0.4 is 5.32 Å². The van der Waals surface area contributed by atoms with Crippen molar-refractivity contribution >= 4 is 40.5 Å². The number of anilines is 2. The van der Waals surface area contributed by atoms with Crippen LogP contribution in [-0.2, 0) is 0 Å². The molecule has 0 aliphatic heterocycles. The van der Waals surface area contributed by atoms with Crippen molar-refractivity contribution < 1.29 is 4.79 Å². The van der Waals surface area contributed by atoms with Crippen LogP contribution in [0.5, 0.6) is 0 Å². The van der Waals surface area contributed by atoms with E-state index in [-0.39, 0.29) is 5.91 Å². The van der Waals surface area contributed by atoms with E-state index in [1.807, 2.05) is 0 Å². The van der Waals surface area contributed by atoms with E-state index in [9.17, 15) is 4.79 Å². The van der Waals surface area contributed by atoms with Crippen molar-refractivity contribution in [1.29, 1.82) is 0 Å². The van der Waals surface area contributed by atoms with Gasteiger partial charge in [-0.1, -0.05) is 36.5 Å². The highest BCUT2D eigenvalue weighted by molar-refractivity contribution is 6.35. The average molecular weight is 352 g/mol. The molecule has 6 heteroatoms. The van der Waals surface area contributed by atoms with Crippen molar-refractivity contribution in [3.8, 4) is 0 Å². The molecule has 0 radical (unpaired) electrons. The van der Waals surface area contributed by atoms with Gasteiger partial charge in [-0.15, -0.1) is 0 Å². The molecular formula is C17H19Cl2N3O. The van der Waals surface area contributed by atoms with Crippen LogP contribution in [0, 0.1) is 0 Å². The Bertz CT molecular complexity index is 671. The zero-order chi connectivity index (χ0) is 16.8. The van der Waals surface area contributed by atoms with Gasteiger partial charge in [-0.2, -0.15) is 0 Å². The van der Waals surface area contributed by atoms with Crippen LogP contribution in [0.4, 0.5) is 11.4 Å². The minimum absolute atomic E-state index is 0.0428. The molecule has 4 nitrogen and oxygen atoms in total. The third kappa shape index (κ3) is 5.12. The van der Waals surface area contributed by atoms with E-state index in [1.54, 1.807) is 48.6 Å². The number of hydrogen-bond acceptors (Lipinski definition) is 3. The van der Waals surface area contributed by atoms with Crippen LogP contribution in [0.1, 0.15) is 30.1 Å². The number of nitrogens with zero attached hydrogens (tertiary/aromatic N) is 2. The Hall–Kier alpha value is -1.78. The van der Waals surface area contributed by atoms with Crippen molar-refractivity contribution in [2.75, 3.05) is 18.9 Å². The number of nitrogens with one attached hydrogen (secondary N) is 1. The lowest BCUT2D eigenvalue weighted by atomic mass is 10.2. The summed E-state index contributed by atoms with van der Waals surface area (Å²) in [5.74, 6) is -0.0428. The van der Waals surface area contributed by atoms with Crippen LogP contribution in [0.3, 0.4) is 0 Å². The first-order chi connectivity index (χ1) is 11.0. The fraction of sp³-hybridized carbons (Fsp3) is 0.294. The highest BCUT2D eigenvalue weighted by Gasteiger charge is 2.12. The summed E-state index contributed by atoms with van der Waals surface area (Å²) < 4.78 is 0. The molecule has 2 rings (SSSR count). The molecule has 0 unspecified atom stereocenters. The highest BCUT2D eigenvalue weighted by Crippen LogP contribution is 2.25. The third-order valence-corrected chi connectivity index (χ3v) is 3.77. The van der Waals surface area contributed by atoms with Crippen molar-refractivity contribution in [3.63, 3.8) is 0 Å². The van der Waals surface area contributed by atoms with Crippen molar-refractivity contribution in [2.24, 2.45) is 0 Å². The second-order valence-electron chi connectivity index (χ2n) is 5.33. The Balaban J connectivity index is 2.14. The Labute approximate surface area is 146 Å². The number of carbonyl (C=O) groups excluding carboxylic acids is 1. The van der Waals surface area contributed by atoms with Crippen LogP contribution in [0.15, 0.2) is 36.7 Å². The molecule has 1 N–H and O–H groups in total. The van der Waals surface area contributed by atoms with Gasteiger partial charge in [-0.05, 0) is 30.7 Å². The van der Waals surface area contributed by atoms with E-state index in [0.29, 0.717) is 21.3 Å². The lowest BCUT2D eigenvalue weighted by molar-refractivity contribution is 0.0793. The maximum absolute atomic E-state index is 12.4. The first-order valence-electron chi connectivity index (χ1n) is 7.43. The van der Waals surface area contributed by atoms with Crippen molar-refractivity contribution in [2.45, 2.75) is 19.8 Å². The summed E-state index contributed by atoms with van der Waals surface area (Å²) in [6.07, 6.45) is 5.25. The third-order valence-electron chi connectivity index (χ3n) is 3.33. The normalized spacial score (nSPS) is 10.4. The molecule has 0 spiro atoms. The van der Waals surface area contributed by atoms with E-state index >= 15 is 0 Å². The number of amides is 1. The number of aromatic nitrogens is 1. The van der Waals surface area contributed by atoms with Gasteiger partial charge in [-0.25, -0.2) is 0 Å². The summed E-state index contributed by atoms with van der Waals surface area (Å²) in [5.41, 5.74) is 1.99. The fourth-order valence-electron chi connectivity index (χ4n) is 2.14. The lowest BCUT2D eigenvalue weighted by Crippen LogP contribution is -2.27. The summed E-state index contributed by atoms with van der Waals surface area (Å²) in [4.78, 5) is 18.2. The minimum atomic E-state index is -0.0428. The maximum Gasteiger partial charge on any atom is 0.255 e. The van der Waals surface area contributed by atoms with E-state index in [4.69, 9.17) is 23.2 Å². The predicted molar refractivity (Wildman–Crippen MR) is 95.9 cm³/mol. The molecule has 0 atom stereocenters. The van der Waals surface area contributed by atoms with Gasteiger partial charge in [0.2, 0.25) is 0 Å². The summed E-state index contributed by atoms with van der Waals surface area (Å²) in [7, 11) is 1.80. The van der Waals surface area contributed by atoms with Gasteiger partial charge in [0, 0.05) is 35.5 Å². The van der Waals surface area contributed by atoms with Gasteiger partial charge in [-0.3, -0.25) is 9.78 Å². The summed E-state index contributed by atoms with van der Waals surface area (Å²) >= 11 is 12.0. The predicted octanol–water partition coefficient (Wildman–Crippen LogP) is 5.00. The second kappa shape index (κ2) is 8.18. The van der Waals surface area contributed by atoms with E-state index < -0.39 is 0 Å². The summed E-state index contributed by atoms with van der Waals surface area (Å²) in [6.45, 7) is 2.83. The van der Waals surface area contributed by atoms with Crippen LogP contribution in [0.2, 0.25) is 10.0 Å². The molecule has 0 saturated carbocycles. The van der Waals surface area contributed by atoms with Gasteiger partial charge in [0.1, 0.15) is 0 Å². The molecule has 0 aliphatic carbocycles. The number of benzene rings is 1. The lowest BCUT2D eigenvalue weighted by Gasteiger charge is -2.17. The molecule has 0 saturated heterocycles.